The summed E-state index contributed by atoms with van der Waals surface area (Å²) in [5.41, 5.74) is 1.26. The fourth-order valence-electron chi connectivity index (χ4n) is 2.13. The molecule has 0 aliphatic carbocycles. The molecule has 2 heterocycles. The molecule has 0 radical (unpaired) electrons. The number of rotatable bonds is 3. The second kappa shape index (κ2) is 9.02. The average molecular weight is 438 g/mol. The third kappa shape index (κ3) is 6.00. The van der Waals surface area contributed by atoms with Crippen LogP contribution in [0.3, 0.4) is 0 Å². The van der Waals surface area contributed by atoms with Gasteiger partial charge in [0.2, 0.25) is 0 Å². The average Bonchev–Trinajstić information content (AvgIpc) is 2.93. The van der Waals surface area contributed by atoms with Gasteiger partial charge in [-0.3, -0.25) is 4.99 Å². The Kier molecular flexibility index (Phi) is 8.06. The number of nitrogens with zero attached hydrogens (tertiary/aromatic N) is 2. The first-order chi connectivity index (χ1) is 9.99. The molecule has 1 saturated heterocycles. The van der Waals surface area contributed by atoms with Crippen molar-refractivity contribution in [2.24, 2.45) is 4.99 Å². The smallest absolute Gasteiger partial charge is 0.191 e. The molecule has 0 amide bonds. The van der Waals surface area contributed by atoms with Crippen molar-refractivity contribution in [1.29, 1.82) is 0 Å². The molecule has 0 atom stereocenters. The molecule has 0 spiro atoms. The number of aromatic nitrogens is 1. The Hall–Kier alpha value is -0.410. The van der Waals surface area contributed by atoms with Gasteiger partial charge in [-0.25, -0.2) is 4.98 Å². The first-order valence-electron chi connectivity index (χ1n) is 7.49. The van der Waals surface area contributed by atoms with Crippen LogP contribution in [0.2, 0.25) is 0 Å². The molecule has 2 rings (SSSR count). The maximum absolute atomic E-state index is 5.37. The van der Waals surface area contributed by atoms with Crippen molar-refractivity contribution in [2.75, 3.05) is 20.3 Å². The van der Waals surface area contributed by atoms with Crippen LogP contribution >= 0.6 is 35.3 Å². The molecule has 1 aliphatic heterocycles. The summed E-state index contributed by atoms with van der Waals surface area (Å²) in [5, 5.41) is 10.0. The zero-order chi connectivity index (χ0) is 15.3. The number of halogens is 1. The van der Waals surface area contributed by atoms with Gasteiger partial charge in [0.1, 0.15) is 5.01 Å². The fourth-order valence-corrected chi connectivity index (χ4v) is 3.09. The van der Waals surface area contributed by atoms with Gasteiger partial charge in [0.05, 0.1) is 12.2 Å². The van der Waals surface area contributed by atoms with Crippen molar-refractivity contribution in [3.63, 3.8) is 0 Å². The van der Waals surface area contributed by atoms with E-state index in [1.807, 2.05) is 0 Å². The molecule has 1 aromatic heterocycles. The quantitative estimate of drug-likeness (QED) is 0.433. The highest BCUT2D eigenvalue weighted by Crippen LogP contribution is 2.23. The first kappa shape index (κ1) is 19.6. The molecule has 22 heavy (non-hydrogen) atoms. The Morgan fingerprint density at radius 3 is 2.64 bits per heavy atom. The predicted octanol–water partition coefficient (Wildman–Crippen LogP) is 2.90. The predicted molar refractivity (Wildman–Crippen MR) is 103 cm³/mol. The Morgan fingerprint density at radius 2 is 2.09 bits per heavy atom. The van der Waals surface area contributed by atoms with Gasteiger partial charge in [-0.1, -0.05) is 20.8 Å². The summed E-state index contributed by atoms with van der Waals surface area (Å²) in [5.74, 6) is 0.842. The lowest BCUT2D eigenvalue weighted by Gasteiger charge is -2.24. The standard InChI is InChI=1S/C15H26N4OS.HI/c1-15(2,3)12-10-21-13(19-12)9-17-14(16-4)18-11-5-7-20-8-6-11;/h10-11H,5-9H2,1-4H3,(H2,16,17,18);1H. The van der Waals surface area contributed by atoms with E-state index in [-0.39, 0.29) is 29.4 Å². The normalized spacial score (nSPS) is 17.0. The van der Waals surface area contributed by atoms with Crippen molar-refractivity contribution in [1.82, 2.24) is 15.6 Å². The summed E-state index contributed by atoms with van der Waals surface area (Å²) in [6, 6.07) is 0.450. The second-order valence-electron chi connectivity index (χ2n) is 6.33. The molecule has 1 fully saturated rings. The Labute approximate surface area is 154 Å². The zero-order valence-electron chi connectivity index (χ0n) is 13.8. The van der Waals surface area contributed by atoms with Gasteiger partial charge in [-0.05, 0) is 12.8 Å². The Morgan fingerprint density at radius 1 is 1.41 bits per heavy atom. The number of hydrogen-bond acceptors (Lipinski definition) is 4. The molecule has 0 aromatic carbocycles. The lowest BCUT2D eigenvalue weighted by Crippen LogP contribution is -2.45. The number of guanidine groups is 1. The second-order valence-corrected chi connectivity index (χ2v) is 7.28. The van der Waals surface area contributed by atoms with E-state index in [2.05, 4.69) is 46.8 Å². The molecule has 7 heteroatoms. The molecular weight excluding hydrogens is 411 g/mol. The molecule has 1 aromatic rings. The van der Waals surface area contributed by atoms with Gasteiger partial charge in [0.25, 0.3) is 0 Å². The molecule has 0 bridgehead atoms. The third-order valence-corrected chi connectivity index (χ3v) is 4.36. The first-order valence-corrected chi connectivity index (χ1v) is 8.37. The minimum atomic E-state index is 0. The van der Waals surface area contributed by atoms with Gasteiger partial charge in [-0.15, -0.1) is 35.3 Å². The number of ether oxygens (including phenoxy) is 1. The molecule has 1 aliphatic rings. The van der Waals surface area contributed by atoms with Gasteiger partial charge in [0.15, 0.2) is 5.96 Å². The summed E-state index contributed by atoms with van der Waals surface area (Å²) in [4.78, 5) is 8.97. The summed E-state index contributed by atoms with van der Waals surface area (Å²) < 4.78 is 5.37. The van der Waals surface area contributed by atoms with E-state index in [0.717, 1.165) is 42.7 Å². The van der Waals surface area contributed by atoms with E-state index in [1.165, 1.54) is 0 Å². The van der Waals surface area contributed by atoms with E-state index in [1.54, 1.807) is 18.4 Å². The van der Waals surface area contributed by atoms with Crippen molar-refractivity contribution in [2.45, 2.75) is 51.6 Å². The van der Waals surface area contributed by atoms with Crippen LogP contribution in [0.4, 0.5) is 0 Å². The number of thiazole rings is 1. The van der Waals surface area contributed by atoms with E-state index >= 15 is 0 Å². The van der Waals surface area contributed by atoms with Crippen molar-refractivity contribution < 1.29 is 4.74 Å². The molecule has 0 saturated carbocycles. The molecule has 5 nitrogen and oxygen atoms in total. The maximum Gasteiger partial charge on any atom is 0.191 e. The van der Waals surface area contributed by atoms with Crippen LogP contribution in [0.15, 0.2) is 10.4 Å². The summed E-state index contributed by atoms with van der Waals surface area (Å²) in [6.45, 7) is 8.93. The molecular formula is C15H27IN4OS. The lowest BCUT2D eigenvalue weighted by atomic mass is 9.93. The van der Waals surface area contributed by atoms with Crippen LogP contribution in [0.1, 0.15) is 44.3 Å². The maximum atomic E-state index is 5.37. The van der Waals surface area contributed by atoms with E-state index in [0.29, 0.717) is 12.6 Å². The fraction of sp³-hybridized carbons (Fsp3) is 0.733. The van der Waals surface area contributed by atoms with E-state index in [9.17, 15) is 0 Å². The monoisotopic (exact) mass is 438 g/mol. The zero-order valence-corrected chi connectivity index (χ0v) is 17.0. The SMILES string of the molecule is CN=C(NCc1nc(C(C)(C)C)cs1)NC1CCOCC1.I. The topological polar surface area (TPSA) is 58.5 Å². The molecule has 126 valence electrons. The van der Waals surface area contributed by atoms with Crippen molar-refractivity contribution in [3.8, 4) is 0 Å². The minimum Gasteiger partial charge on any atom is -0.381 e. The van der Waals surface area contributed by atoms with E-state index in [4.69, 9.17) is 4.74 Å². The van der Waals surface area contributed by atoms with Crippen LogP contribution in [0, 0.1) is 0 Å². The van der Waals surface area contributed by atoms with Gasteiger partial charge >= 0.3 is 0 Å². The third-order valence-electron chi connectivity index (χ3n) is 3.51. The lowest BCUT2D eigenvalue weighted by molar-refractivity contribution is 0.0822. The van der Waals surface area contributed by atoms with Gasteiger partial charge < -0.3 is 15.4 Å². The van der Waals surface area contributed by atoms with Gasteiger partial charge in [-0.2, -0.15) is 0 Å². The molecule has 0 unspecified atom stereocenters. The van der Waals surface area contributed by atoms with Crippen LogP contribution in [-0.4, -0.2) is 37.2 Å². The number of nitrogens with one attached hydrogen (secondary N) is 2. The number of hydrogen-bond donors (Lipinski definition) is 2. The van der Waals surface area contributed by atoms with Crippen LogP contribution in [0.25, 0.3) is 0 Å². The summed E-state index contributed by atoms with van der Waals surface area (Å²) >= 11 is 1.70. The van der Waals surface area contributed by atoms with Crippen LogP contribution < -0.4 is 10.6 Å². The largest absolute Gasteiger partial charge is 0.381 e. The Bertz CT molecular complexity index is 478. The summed E-state index contributed by atoms with van der Waals surface area (Å²) in [7, 11) is 1.80. The van der Waals surface area contributed by atoms with Crippen molar-refractivity contribution in [3.05, 3.63) is 16.1 Å². The summed E-state index contributed by atoms with van der Waals surface area (Å²) in [6.07, 6.45) is 2.07. The molecule has 2 N–H and O–H groups in total. The highest BCUT2D eigenvalue weighted by molar-refractivity contribution is 14.0. The highest BCUT2D eigenvalue weighted by atomic mass is 127. The number of aliphatic imine (C=N–C) groups is 1. The van der Waals surface area contributed by atoms with Gasteiger partial charge in [0, 0.05) is 37.1 Å². The van der Waals surface area contributed by atoms with Crippen molar-refractivity contribution >= 4 is 41.3 Å². The van der Waals surface area contributed by atoms with Crippen LogP contribution in [-0.2, 0) is 16.7 Å². The minimum absolute atomic E-state index is 0. The highest BCUT2D eigenvalue weighted by Gasteiger charge is 2.18. The van der Waals surface area contributed by atoms with E-state index < -0.39 is 0 Å². The van der Waals surface area contributed by atoms with Crippen LogP contribution in [0.5, 0.6) is 0 Å². The Balaban J connectivity index is 0.00000242.